The van der Waals surface area contributed by atoms with E-state index in [9.17, 15) is 4.79 Å². The van der Waals surface area contributed by atoms with Crippen molar-refractivity contribution in [2.45, 2.75) is 0 Å². The average Bonchev–Trinajstić information content (AvgIpc) is 1.87. The van der Waals surface area contributed by atoms with Crippen LogP contribution in [0.4, 0.5) is 0 Å². The van der Waals surface area contributed by atoms with Crippen LogP contribution in [0.3, 0.4) is 0 Å². The molecule has 64 valence electrons. The molecule has 0 aliphatic carbocycles. The predicted molar refractivity (Wildman–Crippen MR) is 43.2 cm³/mol. The number of hydrogen-bond acceptors (Lipinski definition) is 5. The number of carbonyl (C=O) groups is 1. The van der Waals surface area contributed by atoms with Gasteiger partial charge >= 0.3 is 0 Å². The van der Waals surface area contributed by atoms with Crippen LogP contribution in [0, 0.1) is 0 Å². The standard InChI is InChI=1S/C6H14N4O/c1-9-4-6(7)5-10(8)2-3-11/h3,5,9H,2,4,7-8H2,1H3/b6-5-. The van der Waals surface area contributed by atoms with E-state index < -0.39 is 0 Å². The summed E-state index contributed by atoms with van der Waals surface area (Å²) in [5, 5.41) is 4.09. The van der Waals surface area contributed by atoms with Crippen molar-refractivity contribution in [2.24, 2.45) is 11.6 Å². The van der Waals surface area contributed by atoms with Crippen LogP contribution in [0.15, 0.2) is 11.9 Å². The van der Waals surface area contributed by atoms with Crippen LogP contribution in [0.5, 0.6) is 0 Å². The van der Waals surface area contributed by atoms with E-state index in [2.05, 4.69) is 5.32 Å². The Morgan fingerprint density at radius 1 is 1.73 bits per heavy atom. The van der Waals surface area contributed by atoms with Crippen LogP contribution in [-0.4, -0.2) is 31.4 Å². The summed E-state index contributed by atoms with van der Waals surface area (Å²) in [6.45, 7) is 0.719. The Kier molecular flexibility index (Phi) is 5.14. The van der Waals surface area contributed by atoms with Gasteiger partial charge in [-0.1, -0.05) is 0 Å². The first-order valence-corrected chi connectivity index (χ1v) is 3.26. The zero-order valence-corrected chi connectivity index (χ0v) is 6.58. The van der Waals surface area contributed by atoms with Gasteiger partial charge in [0, 0.05) is 18.4 Å². The van der Waals surface area contributed by atoms with Gasteiger partial charge in [-0.2, -0.15) is 0 Å². The highest BCUT2D eigenvalue weighted by atomic mass is 16.1. The molecule has 0 spiro atoms. The van der Waals surface area contributed by atoms with Gasteiger partial charge in [0.25, 0.3) is 0 Å². The smallest absolute Gasteiger partial charge is 0.140 e. The van der Waals surface area contributed by atoms with E-state index in [1.54, 1.807) is 7.05 Å². The summed E-state index contributed by atoms with van der Waals surface area (Å²) in [5.74, 6) is 5.33. The fraction of sp³-hybridized carbons (Fsp3) is 0.500. The van der Waals surface area contributed by atoms with Gasteiger partial charge in [0.05, 0.1) is 6.54 Å². The molecule has 0 heterocycles. The van der Waals surface area contributed by atoms with E-state index in [0.29, 0.717) is 18.5 Å². The van der Waals surface area contributed by atoms with Gasteiger partial charge in [-0.15, -0.1) is 0 Å². The molecule has 0 atom stereocenters. The second-order valence-electron chi connectivity index (χ2n) is 2.10. The van der Waals surface area contributed by atoms with Crippen molar-refractivity contribution in [1.29, 1.82) is 0 Å². The number of likely N-dealkylation sites (N-methyl/N-ethyl adjacent to an activating group) is 1. The Morgan fingerprint density at radius 3 is 2.82 bits per heavy atom. The van der Waals surface area contributed by atoms with Crippen molar-refractivity contribution >= 4 is 6.29 Å². The number of nitrogens with zero attached hydrogens (tertiary/aromatic N) is 1. The highest BCUT2D eigenvalue weighted by molar-refractivity contribution is 5.52. The molecule has 0 rings (SSSR count). The van der Waals surface area contributed by atoms with E-state index >= 15 is 0 Å². The molecule has 0 aliphatic rings. The molecule has 0 saturated heterocycles. The van der Waals surface area contributed by atoms with Crippen molar-refractivity contribution in [3.63, 3.8) is 0 Å². The molecule has 0 unspecified atom stereocenters. The third-order valence-corrected chi connectivity index (χ3v) is 0.998. The summed E-state index contributed by atoms with van der Waals surface area (Å²) >= 11 is 0. The first-order chi connectivity index (χ1) is 5.20. The SMILES string of the molecule is CNC/C(N)=C/N(N)CC=O. The van der Waals surface area contributed by atoms with E-state index in [1.165, 1.54) is 11.2 Å². The number of carbonyl (C=O) groups excluding carboxylic acids is 1. The molecule has 5 heteroatoms. The third kappa shape index (κ3) is 5.38. The molecular formula is C6H14N4O. The van der Waals surface area contributed by atoms with Crippen LogP contribution in [0.1, 0.15) is 0 Å². The zero-order chi connectivity index (χ0) is 8.69. The monoisotopic (exact) mass is 158 g/mol. The molecular weight excluding hydrogens is 144 g/mol. The number of nitrogens with one attached hydrogen (secondary N) is 1. The van der Waals surface area contributed by atoms with Crippen molar-refractivity contribution in [2.75, 3.05) is 20.1 Å². The molecule has 0 aromatic heterocycles. The van der Waals surface area contributed by atoms with Gasteiger partial charge in [-0.25, -0.2) is 5.84 Å². The van der Waals surface area contributed by atoms with Gasteiger partial charge in [0.2, 0.25) is 0 Å². The summed E-state index contributed by atoms with van der Waals surface area (Å²) in [4.78, 5) is 9.95. The summed E-state index contributed by atoms with van der Waals surface area (Å²) in [6.07, 6.45) is 2.23. The fourth-order valence-electron chi connectivity index (χ4n) is 0.602. The van der Waals surface area contributed by atoms with E-state index in [1.807, 2.05) is 0 Å². The molecule has 0 fully saturated rings. The van der Waals surface area contributed by atoms with Crippen LogP contribution in [0.2, 0.25) is 0 Å². The van der Waals surface area contributed by atoms with Gasteiger partial charge in [0.1, 0.15) is 6.29 Å². The maximum Gasteiger partial charge on any atom is 0.140 e. The zero-order valence-electron chi connectivity index (χ0n) is 6.58. The second-order valence-corrected chi connectivity index (χ2v) is 2.10. The minimum absolute atomic E-state index is 0.157. The highest BCUT2D eigenvalue weighted by Gasteiger charge is 1.91. The summed E-state index contributed by atoms with van der Waals surface area (Å²) < 4.78 is 0. The van der Waals surface area contributed by atoms with Gasteiger partial charge in [0.15, 0.2) is 0 Å². The number of aldehydes is 1. The molecule has 0 aromatic carbocycles. The topological polar surface area (TPSA) is 84.4 Å². The van der Waals surface area contributed by atoms with Crippen molar-refractivity contribution < 1.29 is 4.79 Å². The average molecular weight is 158 g/mol. The second kappa shape index (κ2) is 5.70. The first kappa shape index (κ1) is 9.93. The number of hydrogen-bond donors (Lipinski definition) is 3. The molecule has 5 N–H and O–H groups in total. The fourth-order valence-corrected chi connectivity index (χ4v) is 0.602. The molecule has 11 heavy (non-hydrogen) atoms. The lowest BCUT2D eigenvalue weighted by molar-refractivity contribution is -0.108. The van der Waals surface area contributed by atoms with E-state index in [0.717, 1.165) is 0 Å². The van der Waals surface area contributed by atoms with Gasteiger partial charge in [-0.05, 0) is 7.05 Å². The Hall–Kier alpha value is -1.07. The molecule has 0 amide bonds. The van der Waals surface area contributed by atoms with E-state index in [4.69, 9.17) is 11.6 Å². The third-order valence-electron chi connectivity index (χ3n) is 0.998. The quantitative estimate of drug-likeness (QED) is 0.254. The first-order valence-electron chi connectivity index (χ1n) is 3.26. The minimum atomic E-state index is 0.157. The van der Waals surface area contributed by atoms with Crippen LogP contribution < -0.4 is 16.9 Å². The Bertz CT molecular complexity index is 146. The van der Waals surface area contributed by atoms with Gasteiger partial charge < -0.3 is 20.9 Å². The molecule has 0 radical (unpaired) electrons. The lowest BCUT2D eigenvalue weighted by atomic mass is 10.5. The van der Waals surface area contributed by atoms with Gasteiger partial charge in [-0.3, -0.25) is 0 Å². The molecule has 0 saturated carbocycles. The Balaban J connectivity index is 3.75. The van der Waals surface area contributed by atoms with Crippen molar-refractivity contribution in [1.82, 2.24) is 10.3 Å². The highest BCUT2D eigenvalue weighted by Crippen LogP contribution is 1.82. The molecule has 0 bridgehead atoms. The normalized spacial score (nSPS) is 11.3. The minimum Gasteiger partial charge on any atom is -0.400 e. The number of nitrogens with two attached hydrogens (primary N) is 2. The van der Waals surface area contributed by atoms with E-state index in [-0.39, 0.29) is 6.54 Å². The predicted octanol–water partition coefficient (Wildman–Crippen LogP) is -1.62. The maximum atomic E-state index is 9.95. The lowest BCUT2D eigenvalue weighted by Gasteiger charge is -2.10. The van der Waals surface area contributed by atoms with Crippen LogP contribution in [0.25, 0.3) is 0 Å². The van der Waals surface area contributed by atoms with Crippen LogP contribution in [-0.2, 0) is 4.79 Å². The van der Waals surface area contributed by atoms with Crippen LogP contribution >= 0.6 is 0 Å². The van der Waals surface area contributed by atoms with Crippen molar-refractivity contribution in [3.05, 3.63) is 11.9 Å². The Morgan fingerprint density at radius 2 is 2.36 bits per heavy atom. The Labute approximate surface area is 66.0 Å². The molecule has 5 nitrogen and oxygen atoms in total. The largest absolute Gasteiger partial charge is 0.400 e. The molecule has 0 aliphatic heterocycles. The molecule has 0 aromatic rings. The lowest BCUT2D eigenvalue weighted by Crippen LogP contribution is -2.29. The number of hydrazine groups is 1. The summed E-state index contributed by atoms with van der Waals surface area (Å²) in [7, 11) is 1.78. The summed E-state index contributed by atoms with van der Waals surface area (Å²) in [5.41, 5.74) is 6.07. The summed E-state index contributed by atoms with van der Waals surface area (Å²) in [6, 6.07) is 0. The van der Waals surface area contributed by atoms with Crippen molar-refractivity contribution in [3.8, 4) is 0 Å². The maximum absolute atomic E-state index is 9.95. The number of rotatable bonds is 5.